The Morgan fingerprint density at radius 3 is 2.59 bits per heavy atom. The Morgan fingerprint density at radius 1 is 1.07 bits per heavy atom. The zero-order valence-electron chi connectivity index (χ0n) is 18.2. The molecule has 5 rings (SSSR count). The number of carbonyl (C=O) groups is 2. The highest BCUT2D eigenvalue weighted by molar-refractivity contribution is 5.71. The SMILES string of the molecule is CC(=O)OC1CCC2(C)C(=CCC3C2CCC2(C)C(C4CCC(=O)O4)CCC32)C1. The number of rotatable bonds is 2. The average Bonchev–Trinajstić information content (AvgIpc) is 3.24. The largest absolute Gasteiger partial charge is 0.462 e. The third-order valence-corrected chi connectivity index (χ3v) is 9.83. The summed E-state index contributed by atoms with van der Waals surface area (Å²) >= 11 is 0. The maximum absolute atomic E-state index is 11.7. The van der Waals surface area contributed by atoms with Crippen LogP contribution in [0.4, 0.5) is 0 Å². The summed E-state index contributed by atoms with van der Waals surface area (Å²) in [7, 11) is 0. The molecule has 0 amide bonds. The standard InChI is InChI=1S/C25H36O4/c1-15(26)28-17-10-12-24(2)16(14-17)4-5-18-19-6-7-21(22-8-9-23(27)29-22)25(19,3)13-11-20(18)24/h4,17-22H,5-14H2,1-3H3. The molecule has 0 radical (unpaired) electrons. The van der Waals surface area contributed by atoms with Crippen LogP contribution in [0.15, 0.2) is 11.6 Å². The fourth-order valence-corrected chi connectivity index (χ4v) is 8.44. The molecule has 1 heterocycles. The second-order valence-corrected chi connectivity index (χ2v) is 11.0. The van der Waals surface area contributed by atoms with Crippen molar-refractivity contribution in [3.05, 3.63) is 11.6 Å². The molecular formula is C25H36O4. The van der Waals surface area contributed by atoms with E-state index in [1.807, 2.05) is 0 Å². The van der Waals surface area contributed by atoms with E-state index in [0.29, 0.717) is 17.8 Å². The van der Waals surface area contributed by atoms with Gasteiger partial charge < -0.3 is 9.47 Å². The van der Waals surface area contributed by atoms with Gasteiger partial charge in [0, 0.05) is 25.7 Å². The quantitative estimate of drug-likeness (QED) is 0.472. The number of esters is 2. The van der Waals surface area contributed by atoms with E-state index in [2.05, 4.69) is 19.9 Å². The molecule has 160 valence electrons. The van der Waals surface area contributed by atoms with Gasteiger partial charge in [0.25, 0.3) is 0 Å². The molecule has 4 aliphatic carbocycles. The number of cyclic esters (lactones) is 1. The van der Waals surface area contributed by atoms with Crippen LogP contribution < -0.4 is 0 Å². The number of hydrogen-bond acceptors (Lipinski definition) is 4. The molecule has 0 bridgehead atoms. The van der Waals surface area contributed by atoms with Crippen molar-refractivity contribution in [3.63, 3.8) is 0 Å². The van der Waals surface area contributed by atoms with E-state index < -0.39 is 0 Å². The lowest BCUT2D eigenvalue weighted by atomic mass is 9.47. The zero-order valence-corrected chi connectivity index (χ0v) is 18.2. The Morgan fingerprint density at radius 2 is 1.86 bits per heavy atom. The number of hydrogen-bond donors (Lipinski definition) is 0. The van der Waals surface area contributed by atoms with Crippen molar-refractivity contribution >= 4 is 11.9 Å². The lowest BCUT2D eigenvalue weighted by molar-refractivity contribution is -0.150. The second-order valence-electron chi connectivity index (χ2n) is 11.0. The van der Waals surface area contributed by atoms with Gasteiger partial charge in [-0.05, 0) is 80.0 Å². The molecule has 0 N–H and O–H groups in total. The molecule has 4 heteroatoms. The van der Waals surface area contributed by atoms with Crippen molar-refractivity contribution in [1.82, 2.24) is 0 Å². The van der Waals surface area contributed by atoms with Crippen LogP contribution in [0.1, 0.15) is 85.0 Å². The van der Waals surface area contributed by atoms with Gasteiger partial charge in [0.15, 0.2) is 0 Å². The monoisotopic (exact) mass is 400 g/mol. The summed E-state index contributed by atoms with van der Waals surface area (Å²) in [6.07, 6.45) is 13.6. The topological polar surface area (TPSA) is 52.6 Å². The first-order valence-corrected chi connectivity index (χ1v) is 11.9. The summed E-state index contributed by atoms with van der Waals surface area (Å²) in [6.45, 7) is 6.53. The lowest BCUT2D eigenvalue weighted by Gasteiger charge is -2.58. The van der Waals surface area contributed by atoms with E-state index >= 15 is 0 Å². The van der Waals surface area contributed by atoms with E-state index in [1.165, 1.54) is 39.0 Å². The van der Waals surface area contributed by atoms with Gasteiger partial charge in [-0.3, -0.25) is 9.59 Å². The van der Waals surface area contributed by atoms with Crippen LogP contribution in [0.2, 0.25) is 0 Å². The van der Waals surface area contributed by atoms with Crippen LogP contribution in [0.25, 0.3) is 0 Å². The zero-order chi connectivity index (χ0) is 20.4. The Labute approximate surface area is 174 Å². The van der Waals surface area contributed by atoms with Gasteiger partial charge in [-0.25, -0.2) is 0 Å². The predicted octanol–water partition coefficient (Wildman–Crippen LogP) is 5.20. The maximum atomic E-state index is 11.7. The second kappa shape index (κ2) is 6.85. The van der Waals surface area contributed by atoms with Gasteiger partial charge in [-0.15, -0.1) is 0 Å². The first-order chi connectivity index (χ1) is 13.8. The van der Waals surface area contributed by atoms with Gasteiger partial charge >= 0.3 is 11.9 Å². The van der Waals surface area contributed by atoms with Crippen molar-refractivity contribution in [1.29, 1.82) is 0 Å². The highest BCUT2D eigenvalue weighted by Gasteiger charge is 2.60. The summed E-state index contributed by atoms with van der Waals surface area (Å²) in [4.78, 5) is 23.2. The molecular weight excluding hydrogens is 364 g/mol. The van der Waals surface area contributed by atoms with Crippen LogP contribution >= 0.6 is 0 Å². The first-order valence-electron chi connectivity index (χ1n) is 11.9. The molecule has 1 aliphatic heterocycles. The van der Waals surface area contributed by atoms with Crippen molar-refractivity contribution in [2.75, 3.05) is 0 Å². The van der Waals surface area contributed by atoms with Crippen LogP contribution in [0.3, 0.4) is 0 Å². The molecule has 0 aromatic carbocycles. The number of ether oxygens (including phenoxy) is 2. The van der Waals surface area contributed by atoms with Gasteiger partial charge in [0.1, 0.15) is 12.2 Å². The fraction of sp³-hybridized carbons (Fsp3) is 0.840. The summed E-state index contributed by atoms with van der Waals surface area (Å²) in [6, 6.07) is 0. The Hall–Kier alpha value is -1.32. The van der Waals surface area contributed by atoms with Gasteiger partial charge in [-0.2, -0.15) is 0 Å². The smallest absolute Gasteiger partial charge is 0.306 e. The third-order valence-electron chi connectivity index (χ3n) is 9.83. The predicted molar refractivity (Wildman–Crippen MR) is 110 cm³/mol. The molecule has 4 fully saturated rings. The van der Waals surface area contributed by atoms with E-state index in [1.54, 1.807) is 5.57 Å². The van der Waals surface area contributed by atoms with Crippen LogP contribution in [-0.2, 0) is 19.1 Å². The van der Waals surface area contributed by atoms with Crippen LogP contribution in [-0.4, -0.2) is 24.1 Å². The summed E-state index contributed by atoms with van der Waals surface area (Å²) in [5.74, 6) is 2.69. The summed E-state index contributed by atoms with van der Waals surface area (Å²) in [5.41, 5.74) is 2.16. The Kier molecular flexibility index (Phi) is 4.64. The molecule has 5 aliphatic rings. The Bertz CT molecular complexity index is 741. The normalized spacial score (nSPS) is 48.8. The highest BCUT2D eigenvalue weighted by Crippen LogP contribution is 2.67. The first kappa shape index (κ1) is 19.6. The van der Waals surface area contributed by atoms with Crippen LogP contribution in [0, 0.1) is 34.5 Å². The van der Waals surface area contributed by atoms with E-state index in [9.17, 15) is 9.59 Å². The number of allylic oxidation sites excluding steroid dienone is 1. The summed E-state index contributed by atoms with van der Waals surface area (Å²) in [5, 5.41) is 0. The molecule has 4 nitrogen and oxygen atoms in total. The number of carbonyl (C=O) groups excluding carboxylic acids is 2. The molecule has 1 saturated heterocycles. The lowest BCUT2D eigenvalue weighted by Crippen LogP contribution is -2.51. The van der Waals surface area contributed by atoms with E-state index in [-0.39, 0.29) is 29.6 Å². The van der Waals surface area contributed by atoms with E-state index in [0.717, 1.165) is 43.4 Å². The molecule has 29 heavy (non-hydrogen) atoms. The van der Waals surface area contributed by atoms with Gasteiger partial charge in [0.2, 0.25) is 0 Å². The molecule has 8 atom stereocenters. The van der Waals surface area contributed by atoms with Crippen LogP contribution in [0.5, 0.6) is 0 Å². The number of fused-ring (bicyclic) bond motifs is 5. The third kappa shape index (κ3) is 2.99. The minimum atomic E-state index is -0.147. The van der Waals surface area contributed by atoms with E-state index in [4.69, 9.17) is 9.47 Å². The van der Waals surface area contributed by atoms with Crippen molar-refractivity contribution in [3.8, 4) is 0 Å². The molecule has 3 saturated carbocycles. The van der Waals surface area contributed by atoms with Crippen molar-refractivity contribution in [2.45, 2.75) is 97.2 Å². The highest BCUT2D eigenvalue weighted by atomic mass is 16.6. The van der Waals surface area contributed by atoms with Crippen molar-refractivity contribution < 1.29 is 19.1 Å². The maximum Gasteiger partial charge on any atom is 0.306 e. The van der Waals surface area contributed by atoms with Gasteiger partial charge in [-0.1, -0.05) is 25.5 Å². The molecule has 0 spiro atoms. The minimum Gasteiger partial charge on any atom is -0.462 e. The Balaban J connectivity index is 1.37. The molecule has 8 unspecified atom stereocenters. The minimum absolute atomic E-state index is 0.0121. The molecule has 0 aromatic rings. The van der Waals surface area contributed by atoms with Gasteiger partial charge in [0.05, 0.1) is 0 Å². The fourth-order valence-electron chi connectivity index (χ4n) is 8.44. The average molecular weight is 401 g/mol. The molecule has 0 aromatic heterocycles. The van der Waals surface area contributed by atoms with Crippen molar-refractivity contribution in [2.24, 2.45) is 34.5 Å². The summed E-state index contributed by atoms with van der Waals surface area (Å²) < 4.78 is 11.3.